The van der Waals surface area contributed by atoms with Gasteiger partial charge in [-0.3, -0.25) is 14.4 Å². The van der Waals surface area contributed by atoms with Gasteiger partial charge in [0.2, 0.25) is 17.7 Å². The fourth-order valence-electron chi connectivity index (χ4n) is 3.01. The Morgan fingerprint density at radius 3 is 2.44 bits per heavy atom. The average Bonchev–Trinajstić information content (AvgIpc) is 3.11. The number of carboxylic acids is 1. The predicted molar refractivity (Wildman–Crippen MR) is 103 cm³/mol. The zero-order valence-electron chi connectivity index (χ0n) is 16.1. The number of nitrogens with two attached hydrogens (primary N) is 1. The number of hydrogen-bond donors (Lipinski definition) is 4. The summed E-state index contributed by atoms with van der Waals surface area (Å²) in [6, 6.07) is -2.51. The highest BCUT2D eigenvalue weighted by Gasteiger charge is 2.38. The van der Waals surface area contributed by atoms with Gasteiger partial charge < -0.3 is 26.4 Å². The molecule has 1 aliphatic heterocycles. The largest absolute Gasteiger partial charge is 0.480 e. The van der Waals surface area contributed by atoms with Crippen molar-refractivity contribution < 1.29 is 24.3 Å². The molecule has 9 nitrogen and oxygen atoms in total. The Kier molecular flexibility index (Phi) is 9.57. The van der Waals surface area contributed by atoms with E-state index in [1.807, 2.05) is 6.26 Å². The molecule has 0 spiro atoms. The second-order valence-corrected chi connectivity index (χ2v) is 7.85. The highest BCUT2D eigenvalue weighted by atomic mass is 32.2. The summed E-state index contributed by atoms with van der Waals surface area (Å²) in [7, 11) is 0. The number of hydrogen-bond acceptors (Lipinski definition) is 6. The van der Waals surface area contributed by atoms with Crippen LogP contribution < -0.4 is 16.4 Å². The van der Waals surface area contributed by atoms with Crippen LogP contribution in [0.4, 0.5) is 0 Å². The fourth-order valence-corrected chi connectivity index (χ4v) is 3.48. The summed E-state index contributed by atoms with van der Waals surface area (Å²) in [5, 5.41) is 14.6. The summed E-state index contributed by atoms with van der Waals surface area (Å²) >= 11 is 1.53. The predicted octanol–water partition coefficient (Wildman–Crippen LogP) is -0.601. The topological polar surface area (TPSA) is 142 Å². The van der Waals surface area contributed by atoms with E-state index in [1.54, 1.807) is 13.8 Å². The number of likely N-dealkylation sites (tertiary alicyclic amines) is 1. The lowest BCUT2D eigenvalue weighted by atomic mass is 10.0. The number of nitrogens with one attached hydrogen (secondary N) is 2. The van der Waals surface area contributed by atoms with Crippen LogP contribution in [0.2, 0.25) is 0 Å². The third-order valence-electron chi connectivity index (χ3n) is 4.50. The van der Waals surface area contributed by atoms with Crippen LogP contribution in [0.25, 0.3) is 0 Å². The van der Waals surface area contributed by atoms with Gasteiger partial charge in [0.1, 0.15) is 18.1 Å². The quantitative estimate of drug-likeness (QED) is 0.382. The van der Waals surface area contributed by atoms with E-state index in [4.69, 9.17) is 5.73 Å². The summed E-state index contributed by atoms with van der Waals surface area (Å²) in [6.07, 6.45) is 3.29. The van der Waals surface area contributed by atoms with Gasteiger partial charge in [0, 0.05) is 6.54 Å². The molecule has 3 unspecified atom stereocenters. The Labute approximate surface area is 163 Å². The van der Waals surface area contributed by atoms with Crippen molar-refractivity contribution in [1.29, 1.82) is 0 Å². The molecule has 3 amide bonds. The molecule has 1 saturated heterocycles. The summed E-state index contributed by atoms with van der Waals surface area (Å²) in [5.41, 5.74) is 5.30. The maximum Gasteiger partial charge on any atom is 0.326 e. The molecule has 0 aromatic carbocycles. The maximum atomic E-state index is 12.9. The van der Waals surface area contributed by atoms with Crippen LogP contribution in [-0.4, -0.2) is 76.9 Å². The van der Waals surface area contributed by atoms with Gasteiger partial charge >= 0.3 is 5.97 Å². The van der Waals surface area contributed by atoms with Gasteiger partial charge in [-0.2, -0.15) is 11.8 Å². The summed E-state index contributed by atoms with van der Waals surface area (Å²) in [6.45, 7) is 3.68. The van der Waals surface area contributed by atoms with E-state index in [-0.39, 0.29) is 12.5 Å². The molecule has 1 rings (SSSR count). The van der Waals surface area contributed by atoms with Gasteiger partial charge in [0.25, 0.3) is 0 Å². The van der Waals surface area contributed by atoms with E-state index < -0.39 is 41.8 Å². The fraction of sp³-hybridized carbons (Fsp3) is 0.765. The number of carbonyl (C=O) groups excluding carboxylic acids is 3. The molecular formula is C17H30N4O5S. The van der Waals surface area contributed by atoms with Crippen molar-refractivity contribution in [3.63, 3.8) is 0 Å². The number of nitrogens with zero attached hydrogens (tertiary/aromatic N) is 1. The lowest BCUT2D eigenvalue weighted by Gasteiger charge is -2.29. The zero-order valence-corrected chi connectivity index (χ0v) is 16.9. The maximum absolute atomic E-state index is 12.9. The van der Waals surface area contributed by atoms with Gasteiger partial charge in [-0.1, -0.05) is 13.8 Å². The van der Waals surface area contributed by atoms with Crippen molar-refractivity contribution in [1.82, 2.24) is 15.5 Å². The van der Waals surface area contributed by atoms with Crippen molar-refractivity contribution in [3.8, 4) is 0 Å². The standard InChI is InChI=1S/C17H30N4O5S/c1-10(2)14(20-13(22)9-18)15(23)19-11(6-8-27-3)16(24)21-7-4-5-12(21)17(25)26/h10-12,14H,4-9,18H2,1-3H3,(H,19,23)(H,20,22)(H,25,26). The van der Waals surface area contributed by atoms with Crippen LogP contribution in [0.15, 0.2) is 0 Å². The Bertz CT molecular complexity index is 557. The minimum absolute atomic E-state index is 0.199. The van der Waals surface area contributed by atoms with E-state index in [0.29, 0.717) is 31.6 Å². The average molecular weight is 403 g/mol. The van der Waals surface area contributed by atoms with Crippen molar-refractivity contribution in [2.24, 2.45) is 11.7 Å². The molecule has 1 heterocycles. The second kappa shape index (κ2) is 11.1. The number of amides is 3. The lowest BCUT2D eigenvalue weighted by Crippen LogP contribution is -2.57. The molecule has 0 aromatic heterocycles. The van der Waals surface area contributed by atoms with Crippen molar-refractivity contribution in [2.45, 2.75) is 51.2 Å². The van der Waals surface area contributed by atoms with E-state index in [9.17, 15) is 24.3 Å². The van der Waals surface area contributed by atoms with Gasteiger partial charge in [-0.15, -0.1) is 0 Å². The minimum Gasteiger partial charge on any atom is -0.480 e. The first-order valence-corrected chi connectivity index (χ1v) is 10.4. The van der Waals surface area contributed by atoms with Crippen LogP contribution >= 0.6 is 11.8 Å². The monoisotopic (exact) mass is 402 g/mol. The molecule has 27 heavy (non-hydrogen) atoms. The minimum atomic E-state index is -1.04. The van der Waals surface area contributed by atoms with Crippen molar-refractivity contribution in [2.75, 3.05) is 25.1 Å². The first-order valence-electron chi connectivity index (χ1n) is 9.04. The first-order chi connectivity index (χ1) is 12.7. The van der Waals surface area contributed by atoms with Crippen LogP contribution in [0, 0.1) is 5.92 Å². The SMILES string of the molecule is CSCCC(NC(=O)C(NC(=O)CN)C(C)C)C(=O)N1CCCC1C(=O)O. The number of thioether (sulfide) groups is 1. The van der Waals surface area contributed by atoms with Crippen molar-refractivity contribution in [3.05, 3.63) is 0 Å². The van der Waals surface area contributed by atoms with Gasteiger partial charge in [-0.25, -0.2) is 4.79 Å². The molecule has 0 aromatic rings. The number of rotatable bonds is 10. The molecule has 5 N–H and O–H groups in total. The second-order valence-electron chi connectivity index (χ2n) is 6.86. The zero-order chi connectivity index (χ0) is 20.6. The summed E-state index contributed by atoms with van der Waals surface area (Å²) in [5.74, 6) is -1.93. The van der Waals surface area contributed by atoms with E-state index in [0.717, 1.165) is 0 Å². The smallest absolute Gasteiger partial charge is 0.326 e. The Balaban J connectivity index is 2.91. The molecular weight excluding hydrogens is 372 g/mol. The highest BCUT2D eigenvalue weighted by Crippen LogP contribution is 2.20. The Morgan fingerprint density at radius 2 is 1.93 bits per heavy atom. The molecule has 10 heteroatoms. The Hall–Kier alpha value is -1.81. The van der Waals surface area contributed by atoms with E-state index in [2.05, 4.69) is 10.6 Å². The van der Waals surface area contributed by atoms with Gasteiger partial charge in [-0.05, 0) is 37.2 Å². The van der Waals surface area contributed by atoms with Crippen LogP contribution in [-0.2, 0) is 19.2 Å². The third kappa shape index (κ3) is 6.69. The van der Waals surface area contributed by atoms with Crippen molar-refractivity contribution >= 4 is 35.5 Å². The number of carboxylic acid groups (broad SMARTS) is 1. The molecule has 3 atom stereocenters. The number of aliphatic carboxylic acids is 1. The molecule has 1 aliphatic rings. The molecule has 1 fully saturated rings. The highest BCUT2D eigenvalue weighted by molar-refractivity contribution is 7.98. The van der Waals surface area contributed by atoms with Crippen LogP contribution in [0.5, 0.6) is 0 Å². The molecule has 154 valence electrons. The molecule has 0 aliphatic carbocycles. The van der Waals surface area contributed by atoms with Crippen LogP contribution in [0.3, 0.4) is 0 Å². The van der Waals surface area contributed by atoms with Crippen LogP contribution in [0.1, 0.15) is 33.1 Å². The number of carbonyl (C=O) groups is 4. The van der Waals surface area contributed by atoms with Gasteiger partial charge in [0.15, 0.2) is 0 Å². The Morgan fingerprint density at radius 1 is 1.26 bits per heavy atom. The molecule has 0 bridgehead atoms. The molecule has 0 saturated carbocycles. The van der Waals surface area contributed by atoms with E-state index >= 15 is 0 Å². The lowest BCUT2D eigenvalue weighted by molar-refractivity contribution is -0.149. The first kappa shape index (κ1) is 23.2. The molecule has 0 radical (unpaired) electrons. The summed E-state index contributed by atoms with van der Waals surface area (Å²) in [4.78, 5) is 49.9. The van der Waals surface area contributed by atoms with Gasteiger partial charge in [0.05, 0.1) is 6.54 Å². The normalized spacial score (nSPS) is 18.9. The van der Waals surface area contributed by atoms with E-state index in [1.165, 1.54) is 16.7 Å². The third-order valence-corrected chi connectivity index (χ3v) is 5.14. The summed E-state index contributed by atoms with van der Waals surface area (Å²) < 4.78 is 0.